The van der Waals surface area contributed by atoms with E-state index < -0.39 is 0 Å². The fourth-order valence-corrected chi connectivity index (χ4v) is 2.66. The molecule has 0 amide bonds. The Morgan fingerprint density at radius 2 is 2.06 bits per heavy atom. The van der Waals surface area contributed by atoms with Crippen molar-refractivity contribution in [1.82, 2.24) is 19.9 Å². The molecule has 1 aliphatic carbocycles. The second-order valence-corrected chi connectivity index (χ2v) is 4.81. The monoisotopic (exact) mass is 230 g/mol. The molecule has 4 heteroatoms. The van der Waals surface area contributed by atoms with Gasteiger partial charge in [0.1, 0.15) is 0 Å². The van der Waals surface area contributed by atoms with Gasteiger partial charge in [-0.15, -0.1) is 0 Å². The Balaban J connectivity index is 1.80. The number of fused-ring (bicyclic) bond motifs is 1. The lowest BCUT2D eigenvalue weighted by Crippen LogP contribution is -2.29. The molecule has 3 rings (SSSR count). The highest BCUT2D eigenvalue weighted by molar-refractivity contribution is 5.36. The summed E-state index contributed by atoms with van der Waals surface area (Å²) >= 11 is 0. The molecule has 2 heterocycles. The molecule has 0 spiro atoms. The lowest BCUT2D eigenvalue weighted by molar-refractivity contribution is 0.351. The van der Waals surface area contributed by atoms with E-state index in [2.05, 4.69) is 15.4 Å². The van der Waals surface area contributed by atoms with Crippen molar-refractivity contribution in [2.75, 3.05) is 7.05 Å². The van der Waals surface area contributed by atoms with Gasteiger partial charge in [-0.25, -0.2) is 9.50 Å². The molecule has 2 aromatic heterocycles. The average Bonchev–Trinajstić information content (AvgIpc) is 2.82. The van der Waals surface area contributed by atoms with E-state index >= 15 is 0 Å². The van der Waals surface area contributed by atoms with Crippen LogP contribution in [0.15, 0.2) is 24.4 Å². The number of hydrogen-bond donors (Lipinski definition) is 1. The maximum Gasteiger partial charge on any atom is 0.155 e. The molecular weight excluding hydrogens is 212 g/mol. The number of pyridine rings is 1. The first-order valence-corrected chi connectivity index (χ1v) is 6.35. The van der Waals surface area contributed by atoms with Crippen LogP contribution in [0.25, 0.3) is 5.65 Å². The summed E-state index contributed by atoms with van der Waals surface area (Å²) in [6.45, 7) is 0. The first-order chi connectivity index (χ1) is 8.36. The predicted molar refractivity (Wildman–Crippen MR) is 67.0 cm³/mol. The molecule has 1 saturated carbocycles. The maximum atomic E-state index is 4.62. The van der Waals surface area contributed by atoms with Crippen molar-refractivity contribution in [3.05, 3.63) is 30.2 Å². The third kappa shape index (κ3) is 2.05. The molecule has 1 N–H and O–H groups in total. The van der Waals surface area contributed by atoms with Gasteiger partial charge >= 0.3 is 0 Å². The Hall–Kier alpha value is -1.42. The van der Waals surface area contributed by atoms with Crippen LogP contribution in [0.3, 0.4) is 0 Å². The molecule has 0 atom stereocenters. The van der Waals surface area contributed by atoms with Gasteiger partial charge < -0.3 is 5.32 Å². The normalized spacial score (nSPS) is 25.2. The molecule has 1 aliphatic rings. The molecule has 2 aromatic rings. The van der Waals surface area contributed by atoms with Crippen LogP contribution in [0.2, 0.25) is 0 Å². The fraction of sp³-hybridized carbons (Fsp3) is 0.538. The summed E-state index contributed by atoms with van der Waals surface area (Å²) in [6, 6.07) is 6.69. The predicted octanol–water partition coefficient (Wildman–Crippen LogP) is 1.97. The van der Waals surface area contributed by atoms with Crippen molar-refractivity contribution in [2.24, 2.45) is 0 Å². The maximum absolute atomic E-state index is 4.62. The van der Waals surface area contributed by atoms with Crippen LogP contribution in [-0.4, -0.2) is 27.7 Å². The van der Waals surface area contributed by atoms with E-state index in [1.54, 1.807) is 0 Å². The zero-order chi connectivity index (χ0) is 11.7. The van der Waals surface area contributed by atoms with Crippen molar-refractivity contribution < 1.29 is 0 Å². The summed E-state index contributed by atoms with van der Waals surface area (Å²) in [4.78, 5) is 4.62. The summed E-state index contributed by atoms with van der Waals surface area (Å²) < 4.78 is 1.87. The Morgan fingerprint density at radius 1 is 1.24 bits per heavy atom. The van der Waals surface area contributed by atoms with Crippen LogP contribution in [0, 0.1) is 0 Å². The SMILES string of the molecule is CNC1CCC(c2nc3ccccn3n2)CC1. The van der Waals surface area contributed by atoms with E-state index in [4.69, 9.17) is 0 Å². The van der Waals surface area contributed by atoms with Crippen LogP contribution < -0.4 is 5.32 Å². The second-order valence-electron chi connectivity index (χ2n) is 4.81. The first-order valence-electron chi connectivity index (χ1n) is 6.35. The summed E-state index contributed by atoms with van der Waals surface area (Å²) in [5.41, 5.74) is 0.957. The summed E-state index contributed by atoms with van der Waals surface area (Å²) in [5.74, 6) is 1.56. The number of aromatic nitrogens is 3. The second kappa shape index (κ2) is 4.45. The third-order valence-electron chi connectivity index (χ3n) is 3.76. The van der Waals surface area contributed by atoms with Gasteiger partial charge in [0, 0.05) is 18.2 Å². The molecule has 0 bridgehead atoms. The molecule has 0 saturated heterocycles. The van der Waals surface area contributed by atoms with E-state index in [1.165, 1.54) is 25.7 Å². The molecule has 1 fully saturated rings. The van der Waals surface area contributed by atoms with Crippen molar-refractivity contribution >= 4 is 5.65 Å². The van der Waals surface area contributed by atoms with Gasteiger partial charge in [-0.2, -0.15) is 5.10 Å². The van der Waals surface area contributed by atoms with E-state index in [1.807, 2.05) is 36.0 Å². The molecular formula is C13H18N4. The first kappa shape index (κ1) is 10.7. The number of nitrogens with zero attached hydrogens (tertiary/aromatic N) is 3. The number of hydrogen-bond acceptors (Lipinski definition) is 3. The zero-order valence-corrected chi connectivity index (χ0v) is 10.1. The molecule has 17 heavy (non-hydrogen) atoms. The van der Waals surface area contributed by atoms with Crippen molar-refractivity contribution in [2.45, 2.75) is 37.6 Å². The third-order valence-corrected chi connectivity index (χ3v) is 3.76. The van der Waals surface area contributed by atoms with E-state index in [-0.39, 0.29) is 0 Å². The van der Waals surface area contributed by atoms with E-state index in [0.29, 0.717) is 12.0 Å². The smallest absolute Gasteiger partial charge is 0.155 e. The minimum atomic E-state index is 0.541. The molecule has 90 valence electrons. The Morgan fingerprint density at radius 3 is 2.76 bits per heavy atom. The van der Waals surface area contributed by atoms with Gasteiger partial charge in [0.2, 0.25) is 0 Å². The van der Waals surface area contributed by atoms with Gasteiger partial charge in [-0.05, 0) is 44.9 Å². The fourth-order valence-electron chi connectivity index (χ4n) is 2.66. The van der Waals surface area contributed by atoms with Gasteiger partial charge in [-0.1, -0.05) is 6.07 Å². The zero-order valence-electron chi connectivity index (χ0n) is 10.1. The molecule has 0 aromatic carbocycles. The Bertz CT molecular complexity index is 464. The minimum Gasteiger partial charge on any atom is -0.317 e. The summed E-state index contributed by atoms with van der Waals surface area (Å²) in [6.07, 6.45) is 6.82. The van der Waals surface area contributed by atoms with Gasteiger partial charge in [-0.3, -0.25) is 0 Å². The highest BCUT2D eigenvalue weighted by Crippen LogP contribution is 2.31. The minimum absolute atomic E-state index is 0.541. The average molecular weight is 230 g/mol. The summed E-state index contributed by atoms with van der Waals surface area (Å²) in [7, 11) is 2.05. The largest absolute Gasteiger partial charge is 0.317 e. The lowest BCUT2D eigenvalue weighted by Gasteiger charge is -2.26. The van der Waals surface area contributed by atoms with Crippen molar-refractivity contribution in [1.29, 1.82) is 0 Å². The van der Waals surface area contributed by atoms with Crippen LogP contribution in [0.5, 0.6) is 0 Å². The lowest BCUT2D eigenvalue weighted by atomic mass is 9.86. The van der Waals surface area contributed by atoms with Gasteiger partial charge in [0.15, 0.2) is 11.5 Å². The number of nitrogens with one attached hydrogen (secondary N) is 1. The van der Waals surface area contributed by atoms with Gasteiger partial charge in [0.05, 0.1) is 0 Å². The quantitative estimate of drug-likeness (QED) is 0.857. The molecule has 4 nitrogen and oxygen atoms in total. The Labute approximate surface area is 101 Å². The summed E-state index contributed by atoms with van der Waals surface area (Å²) in [5, 5.41) is 7.93. The van der Waals surface area contributed by atoms with Crippen LogP contribution in [0.1, 0.15) is 37.4 Å². The highest BCUT2D eigenvalue weighted by Gasteiger charge is 2.24. The molecule has 0 radical (unpaired) electrons. The Kier molecular flexibility index (Phi) is 2.81. The van der Waals surface area contributed by atoms with Crippen molar-refractivity contribution in [3.8, 4) is 0 Å². The topological polar surface area (TPSA) is 42.2 Å². The highest BCUT2D eigenvalue weighted by atomic mass is 15.3. The molecule has 0 aliphatic heterocycles. The molecule has 0 unspecified atom stereocenters. The van der Waals surface area contributed by atoms with Crippen LogP contribution in [-0.2, 0) is 0 Å². The van der Waals surface area contributed by atoms with Crippen LogP contribution in [0.4, 0.5) is 0 Å². The van der Waals surface area contributed by atoms with E-state index in [0.717, 1.165) is 11.5 Å². The van der Waals surface area contributed by atoms with Crippen molar-refractivity contribution in [3.63, 3.8) is 0 Å². The van der Waals surface area contributed by atoms with Crippen LogP contribution >= 0.6 is 0 Å². The van der Waals surface area contributed by atoms with Gasteiger partial charge in [0.25, 0.3) is 0 Å². The van der Waals surface area contributed by atoms with E-state index in [9.17, 15) is 0 Å². The standard InChI is InChI=1S/C13H18N4/c1-14-11-7-5-10(6-8-11)13-15-12-4-2-3-9-17(12)16-13/h2-4,9-11,14H,5-8H2,1H3. The number of rotatable bonds is 2.